The van der Waals surface area contributed by atoms with E-state index >= 15 is 0 Å². The van der Waals surface area contributed by atoms with Gasteiger partial charge >= 0.3 is 0 Å². The Morgan fingerprint density at radius 1 is 1.36 bits per heavy atom. The van der Waals surface area contributed by atoms with Crippen LogP contribution in [0.2, 0.25) is 0 Å². The topological polar surface area (TPSA) is 98.1 Å². The summed E-state index contributed by atoms with van der Waals surface area (Å²) in [6, 6.07) is 0.0549. The molecule has 0 aromatic carbocycles. The van der Waals surface area contributed by atoms with Gasteiger partial charge in [-0.15, -0.1) is 11.3 Å². The number of carbonyl (C=O) groups is 1. The zero-order chi connectivity index (χ0) is 15.1. The Bertz CT molecular complexity index is 688. The molecule has 7 nitrogen and oxygen atoms in total. The first-order valence-corrected chi connectivity index (χ1v) is 8.37. The highest BCUT2D eigenvalue weighted by Crippen LogP contribution is 2.34. The number of nitrogens with two attached hydrogens (primary N) is 1. The maximum atomic E-state index is 11.1. The zero-order valence-electron chi connectivity index (χ0n) is 12.1. The van der Waals surface area contributed by atoms with Crippen LogP contribution >= 0.6 is 11.3 Å². The number of aromatic nitrogens is 3. The second-order valence-electron chi connectivity index (χ2n) is 5.78. The van der Waals surface area contributed by atoms with Gasteiger partial charge in [0, 0.05) is 4.88 Å². The number of nitrogens with zero attached hydrogens (tertiary/aromatic N) is 4. The van der Waals surface area contributed by atoms with Crippen molar-refractivity contribution in [3.05, 3.63) is 27.3 Å². The molecule has 116 valence electrons. The fourth-order valence-electron chi connectivity index (χ4n) is 3.25. The van der Waals surface area contributed by atoms with Gasteiger partial charge in [-0.05, 0) is 38.6 Å². The molecule has 0 bridgehead atoms. The van der Waals surface area contributed by atoms with Crippen LogP contribution in [0, 0.1) is 0 Å². The van der Waals surface area contributed by atoms with E-state index in [1.54, 1.807) is 0 Å². The molecule has 0 radical (unpaired) electrons. The standard InChI is InChI=1S/C14H17N5O2S/c15-12(20)13-17-14(21-18-13)9-4-2-6-19(9)7-11-16-8-3-1-5-10(8)22-11/h9H,1-7H2,(H2,15,20)/t9-/m1/s1. The number of aryl methyl sites for hydroxylation is 2. The van der Waals surface area contributed by atoms with E-state index in [2.05, 4.69) is 15.0 Å². The van der Waals surface area contributed by atoms with Crippen LogP contribution in [0.1, 0.15) is 57.4 Å². The Hall–Kier alpha value is -1.80. The van der Waals surface area contributed by atoms with Gasteiger partial charge in [-0.3, -0.25) is 9.69 Å². The highest BCUT2D eigenvalue weighted by atomic mass is 32.1. The second kappa shape index (κ2) is 5.44. The van der Waals surface area contributed by atoms with Crippen molar-refractivity contribution in [2.24, 2.45) is 5.73 Å². The Morgan fingerprint density at radius 3 is 3.05 bits per heavy atom. The lowest BCUT2D eigenvalue weighted by molar-refractivity contribution is 0.0987. The normalized spacial score (nSPS) is 21.4. The summed E-state index contributed by atoms with van der Waals surface area (Å²) in [6.07, 6.45) is 5.54. The Kier molecular flexibility index (Phi) is 3.42. The average molecular weight is 319 g/mol. The maximum absolute atomic E-state index is 11.1. The lowest BCUT2D eigenvalue weighted by atomic mass is 10.2. The largest absolute Gasteiger partial charge is 0.363 e. The summed E-state index contributed by atoms with van der Waals surface area (Å²) in [5.74, 6) is -0.221. The fraction of sp³-hybridized carbons (Fsp3) is 0.571. The van der Waals surface area contributed by atoms with Crippen LogP contribution < -0.4 is 5.73 Å². The Labute approximate surface area is 131 Å². The molecular formula is C14H17N5O2S. The fourth-order valence-corrected chi connectivity index (χ4v) is 4.43. The van der Waals surface area contributed by atoms with Gasteiger partial charge in [-0.25, -0.2) is 4.98 Å². The number of rotatable bonds is 4. The van der Waals surface area contributed by atoms with Gasteiger partial charge in [0.25, 0.3) is 11.7 Å². The summed E-state index contributed by atoms with van der Waals surface area (Å²) in [4.78, 5) is 23.7. The highest BCUT2D eigenvalue weighted by Gasteiger charge is 2.32. The van der Waals surface area contributed by atoms with Crippen LogP contribution in [0.4, 0.5) is 0 Å². The summed E-state index contributed by atoms with van der Waals surface area (Å²) in [5.41, 5.74) is 6.46. The van der Waals surface area contributed by atoms with Crippen molar-refractivity contribution in [3.63, 3.8) is 0 Å². The minimum Gasteiger partial charge on any atom is -0.363 e. The van der Waals surface area contributed by atoms with Gasteiger partial charge in [0.1, 0.15) is 5.01 Å². The number of hydrogen-bond donors (Lipinski definition) is 1. The lowest BCUT2D eigenvalue weighted by Gasteiger charge is -2.19. The number of hydrogen-bond acceptors (Lipinski definition) is 7. The molecule has 4 rings (SSSR count). The van der Waals surface area contributed by atoms with Crippen LogP contribution in [-0.2, 0) is 19.4 Å². The quantitative estimate of drug-likeness (QED) is 0.916. The predicted octanol–water partition coefficient (Wildman–Crippen LogP) is 1.45. The molecule has 1 aliphatic heterocycles. The van der Waals surface area contributed by atoms with Crippen LogP contribution in [0.25, 0.3) is 0 Å². The first-order chi connectivity index (χ1) is 10.7. The van der Waals surface area contributed by atoms with Crippen molar-refractivity contribution in [2.45, 2.75) is 44.7 Å². The molecular weight excluding hydrogens is 302 g/mol. The monoisotopic (exact) mass is 319 g/mol. The summed E-state index contributed by atoms with van der Waals surface area (Å²) in [6.45, 7) is 1.78. The van der Waals surface area contributed by atoms with Crippen molar-refractivity contribution in [1.29, 1.82) is 0 Å². The number of primary amides is 1. The van der Waals surface area contributed by atoms with Gasteiger partial charge < -0.3 is 10.3 Å². The summed E-state index contributed by atoms with van der Waals surface area (Å²) < 4.78 is 5.22. The molecule has 8 heteroatoms. The van der Waals surface area contributed by atoms with E-state index in [0.29, 0.717) is 5.89 Å². The number of thiazole rings is 1. The third-order valence-electron chi connectivity index (χ3n) is 4.29. The summed E-state index contributed by atoms with van der Waals surface area (Å²) >= 11 is 1.82. The number of likely N-dealkylation sites (tertiary alicyclic amines) is 1. The van der Waals surface area contributed by atoms with E-state index in [9.17, 15) is 4.79 Å². The molecule has 1 aliphatic carbocycles. The van der Waals surface area contributed by atoms with Crippen molar-refractivity contribution in [1.82, 2.24) is 20.0 Å². The molecule has 0 unspecified atom stereocenters. The zero-order valence-corrected chi connectivity index (χ0v) is 12.9. The molecule has 2 aliphatic rings. The van der Waals surface area contributed by atoms with Gasteiger partial charge in [-0.1, -0.05) is 5.16 Å². The summed E-state index contributed by atoms with van der Waals surface area (Å²) in [7, 11) is 0. The van der Waals surface area contributed by atoms with E-state index in [1.807, 2.05) is 11.3 Å². The van der Waals surface area contributed by atoms with E-state index in [1.165, 1.54) is 23.4 Å². The van der Waals surface area contributed by atoms with Crippen molar-refractivity contribution < 1.29 is 9.32 Å². The van der Waals surface area contributed by atoms with Crippen molar-refractivity contribution in [2.75, 3.05) is 6.54 Å². The van der Waals surface area contributed by atoms with Crippen molar-refractivity contribution in [3.8, 4) is 0 Å². The molecule has 1 fully saturated rings. The van der Waals surface area contributed by atoms with E-state index < -0.39 is 5.91 Å². The van der Waals surface area contributed by atoms with E-state index in [0.717, 1.165) is 37.4 Å². The molecule has 1 atom stereocenters. The molecule has 0 saturated carbocycles. The Balaban J connectivity index is 1.51. The van der Waals surface area contributed by atoms with Crippen LogP contribution in [0.3, 0.4) is 0 Å². The molecule has 2 aromatic rings. The number of amides is 1. The van der Waals surface area contributed by atoms with Crippen LogP contribution in [0.15, 0.2) is 4.52 Å². The average Bonchev–Trinajstić information content (AvgIpc) is 3.21. The molecule has 1 amide bonds. The minimum atomic E-state index is -0.657. The molecule has 2 N–H and O–H groups in total. The van der Waals surface area contributed by atoms with Gasteiger partial charge in [-0.2, -0.15) is 4.98 Å². The lowest BCUT2D eigenvalue weighted by Crippen LogP contribution is -2.23. The molecule has 0 spiro atoms. The molecule has 22 heavy (non-hydrogen) atoms. The maximum Gasteiger partial charge on any atom is 0.290 e. The van der Waals surface area contributed by atoms with Gasteiger partial charge in [0.15, 0.2) is 0 Å². The molecule has 1 saturated heterocycles. The van der Waals surface area contributed by atoms with Gasteiger partial charge in [0.05, 0.1) is 18.3 Å². The van der Waals surface area contributed by atoms with Crippen molar-refractivity contribution >= 4 is 17.2 Å². The van der Waals surface area contributed by atoms with Crippen LogP contribution in [-0.4, -0.2) is 32.5 Å². The molecule has 3 heterocycles. The second-order valence-corrected chi connectivity index (χ2v) is 6.95. The predicted molar refractivity (Wildman–Crippen MR) is 79.3 cm³/mol. The smallest absolute Gasteiger partial charge is 0.290 e. The highest BCUT2D eigenvalue weighted by molar-refractivity contribution is 7.11. The summed E-state index contributed by atoms with van der Waals surface area (Å²) in [5, 5.41) is 4.80. The van der Waals surface area contributed by atoms with E-state index in [-0.39, 0.29) is 11.9 Å². The first-order valence-electron chi connectivity index (χ1n) is 7.55. The number of carbonyl (C=O) groups excluding carboxylic acids is 1. The van der Waals surface area contributed by atoms with Gasteiger partial charge in [0.2, 0.25) is 5.89 Å². The third kappa shape index (κ3) is 2.42. The SMILES string of the molecule is NC(=O)c1noc([C@H]2CCCN2Cc2nc3c(s2)CCC3)n1. The van der Waals surface area contributed by atoms with E-state index in [4.69, 9.17) is 15.2 Å². The minimum absolute atomic E-state index is 0.0462. The first kappa shape index (κ1) is 13.8. The third-order valence-corrected chi connectivity index (χ3v) is 5.43. The number of fused-ring (bicyclic) bond motifs is 1. The van der Waals surface area contributed by atoms with Crippen LogP contribution in [0.5, 0.6) is 0 Å². The molecule has 2 aromatic heterocycles. The Morgan fingerprint density at radius 2 is 2.27 bits per heavy atom.